The summed E-state index contributed by atoms with van der Waals surface area (Å²) in [6, 6.07) is 5.91. The summed E-state index contributed by atoms with van der Waals surface area (Å²) >= 11 is 0. The molecule has 2 aromatic heterocycles. The van der Waals surface area contributed by atoms with E-state index in [9.17, 15) is 0 Å². The van der Waals surface area contributed by atoms with Crippen LogP contribution in [0.3, 0.4) is 0 Å². The van der Waals surface area contributed by atoms with Crippen LogP contribution in [-0.2, 0) is 6.42 Å². The number of rotatable bonds is 6. The Morgan fingerprint density at radius 1 is 1.32 bits per heavy atom. The first kappa shape index (κ1) is 18.9. The van der Waals surface area contributed by atoms with E-state index < -0.39 is 0 Å². The Morgan fingerprint density at radius 3 is 2.90 bits per heavy atom. The average molecular weight is 421 g/mol. The van der Waals surface area contributed by atoms with Crippen molar-refractivity contribution < 1.29 is 4.74 Å². The monoisotopic (exact) mass is 420 g/mol. The normalized spacial score (nSPS) is 30.6. The standard InChI is InChI=1S/C22H28N8O/c1-13-8-18(29-28-13)25-19-17-4-2-7-31-20(17)27-21(26-19)24-14-9-15-11-22(5-3-6-23)12-16(10-14)30(15)22/h8,14-16H,2-5,7,9-12H2,1H3,(H3,24,25,26,27,28,29)/t14-,15+,16-,22?. The molecule has 3 fully saturated rings. The molecule has 0 spiro atoms. The summed E-state index contributed by atoms with van der Waals surface area (Å²) in [4.78, 5) is 12.2. The summed E-state index contributed by atoms with van der Waals surface area (Å²) < 4.78 is 5.87. The number of fused-ring (bicyclic) bond motifs is 1. The van der Waals surface area contributed by atoms with Gasteiger partial charge in [0.1, 0.15) is 5.82 Å². The van der Waals surface area contributed by atoms with Gasteiger partial charge in [-0.25, -0.2) is 0 Å². The molecule has 4 aliphatic heterocycles. The first-order chi connectivity index (χ1) is 15.1. The minimum Gasteiger partial charge on any atom is -0.477 e. The highest BCUT2D eigenvalue weighted by molar-refractivity contribution is 5.61. The number of ether oxygens (including phenoxy) is 1. The number of aromatic nitrogens is 4. The minimum absolute atomic E-state index is 0.338. The molecule has 9 nitrogen and oxygen atoms in total. The zero-order chi connectivity index (χ0) is 21.0. The Balaban J connectivity index is 1.18. The molecule has 0 saturated carbocycles. The first-order valence-corrected chi connectivity index (χ1v) is 11.4. The van der Waals surface area contributed by atoms with E-state index in [4.69, 9.17) is 20.0 Å². The van der Waals surface area contributed by atoms with Gasteiger partial charge in [0, 0.05) is 41.8 Å². The zero-order valence-corrected chi connectivity index (χ0v) is 17.8. The molecule has 4 atom stereocenters. The number of nitrogens with one attached hydrogen (secondary N) is 3. The Bertz CT molecular complexity index is 1030. The number of nitrogens with zero attached hydrogens (tertiary/aromatic N) is 5. The third kappa shape index (κ3) is 3.12. The predicted molar refractivity (Wildman–Crippen MR) is 115 cm³/mol. The smallest absolute Gasteiger partial charge is 0.228 e. The van der Waals surface area contributed by atoms with E-state index in [0.29, 0.717) is 48.5 Å². The summed E-state index contributed by atoms with van der Waals surface area (Å²) in [6.07, 6.45) is 8.22. The van der Waals surface area contributed by atoms with Gasteiger partial charge in [0.2, 0.25) is 11.8 Å². The average Bonchev–Trinajstić information content (AvgIpc) is 3.13. The fraction of sp³-hybridized carbons (Fsp3) is 0.636. The summed E-state index contributed by atoms with van der Waals surface area (Å²) in [7, 11) is 0. The van der Waals surface area contributed by atoms with Gasteiger partial charge in [0.25, 0.3) is 0 Å². The number of aryl methyl sites for hydroxylation is 1. The number of aromatic amines is 1. The Hall–Kier alpha value is -2.86. The molecule has 0 radical (unpaired) electrons. The van der Waals surface area contributed by atoms with Gasteiger partial charge in [-0.05, 0) is 51.9 Å². The van der Waals surface area contributed by atoms with Gasteiger partial charge in [0.05, 0.1) is 18.2 Å². The maximum Gasteiger partial charge on any atom is 0.228 e. The van der Waals surface area contributed by atoms with E-state index in [-0.39, 0.29) is 0 Å². The van der Waals surface area contributed by atoms with Crippen molar-refractivity contribution >= 4 is 17.6 Å². The molecule has 162 valence electrons. The van der Waals surface area contributed by atoms with Crippen LogP contribution in [0.15, 0.2) is 6.07 Å². The third-order valence-electron chi connectivity index (χ3n) is 7.45. The molecule has 0 amide bonds. The quantitative estimate of drug-likeness (QED) is 0.653. The number of H-pyrrole nitrogens is 1. The molecule has 2 aromatic rings. The Labute approximate surface area is 181 Å². The van der Waals surface area contributed by atoms with Crippen LogP contribution >= 0.6 is 0 Å². The summed E-state index contributed by atoms with van der Waals surface area (Å²) in [5, 5.41) is 23.2. The maximum absolute atomic E-state index is 8.96. The fourth-order valence-corrected chi connectivity index (χ4v) is 6.28. The molecular formula is C22H28N8O. The van der Waals surface area contributed by atoms with Crippen molar-refractivity contribution in [1.82, 2.24) is 25.1 Å². The SMILES string of the molecule is Cc1cc(Nc2nc(N[C@H]3C[C@@H]4CC5(CCC#N)C[C@H](C3)N45)nc3c2CCCO3)n[nH]1. The van der Waals surface area contributed by atoms with Gasteiger partial charge in [-0.1, -0.05) is 0 Å². The zero-order valence-electron chi connectivity index (χ0n) is 17.8. The van der Waals surface area contributed by atoms with E-state index in [1.165, 1.54) is 12.8 Å². The molecule has 0 aliphatic carbocycles. The van der Waals surface area contributed by atoms with E-state index in [2.05, 4.69) is 31.8 Å². The van der Waals surface area contributed by atoms with Crippen molar-refractivity contribution in [1.29, 1.82) is 5.26 Å². The lowest BCUT2D eigenvalue weighted by Crippen LogP contribution is -2.81. The lowest BCUT2D eigenvalue weighted by atomic mass is 9.57. The number of nitriles is 1. The molecule has 9 heteroatoms. The van der Waals surface area contributed by atoms with Crippen LogP contribution in [0.25, 0.3) is 0 Å². The molecule has 3 saturated heterocycles. The molecular weight excluding hydrogens is 392 g/mol. The second-order valence-corrected chi connectivity index (χ2v) is 9.51. The second-order valence-electron chi connectivity index (χ2n) is 9.51. The van der Waals surface area contributed by atoms with E-state index >= 15 is 0 Å². The third-order valence-corrected chi connectivity index (χ3v) is 7.45. The molecule has 6 heterocycles. The number of piperidine rings is 2. The molecule has 3 N–H and O–H groups in total. The van der Waals surface area contributed by atoms with Crippen molar-refractivity contribution in [2.24, 2.45) is 0 Å². The van der Waals surface area contributed by atoms with Gasteiger partial charge in [-0.3, -0.25) is 10.00 Å². The van der Waals surface area contributed by atoms with E-state index in [1.54, 1.807) is 0 Å². The molecule has 31 heavy (non-hydrogen) atoms. The highest BCUT2D eigenvalue weighted by Crippen LogP contribution is 2.58. The van der Waals surface area contributed by atoms with Crippen molar-refractivity contribution in [3.63, 3.8) is 0 Å². The minimum atomic E-state index is 0.338. The lowest BCUT2D eigenvalue weighted by molar-refractivity contribution is -0.222. The van der Waals surface area contributed by atoms with Gasteiger partial charge in [-0.15, -0.1) is 0 Å². The molecule has 4 aliphatic rings. The van der Waals surface area contributed by atoms with Crippen molar-refractivity contribution in [3.8, 4) is 11.9 Å². The van der Waals surface area contributed by atoms with Crippen LogP contribution in [0.1, 0.15) is 56.2 Å². The predicted octanol–water partition coefficient (Wildman–Crippen LogP) is 3.04. The van der Waals surface area contributed by atoms with Gasteiger partial charge < -0.3 is 15.4 Å². The topological polar surface area (TPSA) is 115 Å². The van der Waals surface area contributed by atoms with Crippen LogP contribution in [0.4, 0.5) is 17.6 Å². The van der Waals surface area contributed by atoms with Crippen LogP contribution in [-0.4, -0.2) is 55.3 Å². The molecule has 1 unspecified atom stereocenters. The number of hydrogen-bond donors (Lipinski definition) is 3. The molecule has 0 aromatic carbocycles. The summed E-state index contributed by atoms with van der Waals surface area (Å²) in [5.74, 6) is 2.84. The van der Waals surface area contributed by atoms with Gasteiger partial charge in [0.15, 0.2) is 5.82 Å². The molecule has 6 rings (SSSR count). The Kier molecular flexibility index (Phi) is 4.32. The first-order valence-electron chi connectivity index (χ1n) is 11.4. The molecule has 0 bridgehead atoms. The highest BCUT2D eigenvalue weighted by atomic mass is 16.5. The maximum atomic E-state index is 8.96. The van der Waals surface area contributed by atoms with Crippen LogP contribution in [0.5, 0.6) is 5.88 Å². The summed E-state index contributed by atoms with van der Waals surface area (Å²) in [5.41, 5.74) is 2.36. The van der Waals surface area contributed by atoms with Crippen LogP contribution in [0, 0.1) is 18.3 Å². The Morgan fingerprint density at radius 2 is 2.16 bits per heavy atom. The van der Waals surface area contributed by atoms with Gasteiger partial charge in [-0.2, -0.15) is 20.3 Å². The van der Waals surface area contributed by atoms with Crippen LogP contribution < -0.4 is 15.4 Å². The summed E-state index contributed by atoms with van der Waals surface area (Å²) in [6.45, 7) is 2.67. The largest absolute Gasteiger partial charge is 0.477 e. The van der Waals surface area contributed by atoms with Crippen molar-refractivity contribution in [3.05, 3.63) is 17.3 Å². The van der Waals surface area contributed by atoms with Crippen LogP contribution in [0.2, 0.25) is 0 Å². The lowest BCUT2D eigenvalue weighted by Gasteiger charge is -2.74. The number of anilines is 3. The van der Waals surface area contributed by atoms with E-state index in [1.807, 2.05) is 13.0 Å². The van der Waals surface area contributed by atoms with E-state index in [0.717, 1.165) is 55.0 Å². The fourth-order valence-electron chi connectivity index (χ4n) is 6.28. The van der Waals surface area contributed by atoms with Gasteiger partial charge >= 0.3 is 0 Å². The highest BCUT2D eigenvalue weighted by Gasteiger charge is 2.64. The van der Waals surface area contributed by atoms with Crippen molar-refractivity contribution in [2.45, 2.75) is 82.0 Å². The van der Waals surface area contributed by atoms with Crippen molar-refractivity contribution in [2.75, 3.05) is 17.2 Å². The number of hydrogen-bond acceptors (Lipinski definition) is 8. The second kappa shape index (κ2) is 7.09.